The standard InChI is InChI=1S/C16H13BrN2O/c17-13-7-11(10-18)8-14(9-13)20-15-5-1-3-12-4-2-6-19-16(12)15/h1-9H,10,18H2. The first kappa shape index (κ1) is 13.1. The number of hydrogen-bond donors (Lipinski definition) is 1. The van der Waals surface area contributed by atoms with Crippen LogP contribution in [0.2, 0.25) is 0 Å². The van der Waals surface area contributed by atoms with Crippen LogP contribution in [0.25, 0.3) is 10.9 Å². The van der Waals surface area contributed by atoms with Gasteiger partial charge in [0.15, 0.2) is 5.75 Å². The zero-order chi connectivity index (χ0) is 13.9. The molecule has 1 heterocycles. The molecule has 0 saturated heterocycles. The normalized spacial score (nSPS) is 10.7. The maximum atomic E-state index is 5.97. The van der Waals surface area contributed by atoms with Crippen LogP contribution in [0.3, 0.4) is 0 Å². The molecule has 1 aromatic heterocycles. The number of nitrogens with zero attached hydrogens (tertiary/aromatic N) is 1. The molecule has 3 rings (SSSR count). The first-order valence-electron chi connectivity index (χ1n) is 6.27. The summed E-state index contributed by atoms with van der Waals surface area (Å²) in [6.07, 6.45) is 1.77. The Morgan fingerprint density at radius 2 is 1.95 bits per heavy atom. The molecule has 4 heteroatoms. The second kappa shape index (κ2) is 5.61. The van der Waals surface area contributed by atoms with Crippen molar-refractivity contribution in [2.45, 2.75) is 6.54 Å². The maximum Gasteiger partial charge on any atom is 0.153 e. The van der Waals surface area contributed by atoms with Gasteiger partial charge < -0.3 is 10.5 Å². The Bertz CT molecular complexity index is 753. The maximum absolute atomic E-state index is 5.97. The van der Waals surface area contributed by atoms with E-state index in [1.54, 1.807) is 6.20 Å². The van der Waals surface area contributed by atoms with Crippen LogP contribution in [-0.4, -0.2) is 4.98 Å². The molecular weight excluding hydrogens is 316 g/mol. The second-order valence-electron chi connectivity index (χ2n) is 4.43. The van der Waals surface area contributed by atoms with Gasteiger partial charge in [0, 0.05) is 22.6 Å². The van der Waals surface area contributed by atoms with E-state index in [0.717, 1.165) is 32.4 Å². The predicted molar refractivity (Wildman–Crippen MR) is 83.9 cm³/mol. The molecule has 0 unspecified atom stereocenters. The zero-order valence-corrected chi connectivity index (χ0v) is 12.3. The lowest BCUT2D eigenvalue weighted by atomic mass is 10.2. The van der Waals surface area contributed by atoms with Gasteiger partial charge in [0.2, 0.25) is 0 Å². The third kappa shape index (κ3) is 2.66. The van der Waals surface area contributed by atoms with Crippen molar-refractivity contribution in [3.8, 4) is 11.5 Å². The van der Waals surface area contributed by atoms with Crippen LogP contribution in [0, 0.1) is 0 Å². The summed E-state index contributed by atoms with van der Waals surface area (Å²) in [5.74, 6) is 1.49. The Labute approximate surface area is 125 Å². The minimum atomic E-state index is 0.476. The summed E-state index contributed by atoms with van der Waals surface area (Å²) in [6.45, 7) is 0.476. The number of pyridine rings is 1. The first-order chi connectivity index (χ1) is 9.76. The average Bonchev–Trinajstić information content (AvgIpc) is 2.47. The smallest absolute Gasteiger partial charge is 0.153 e. The molecule has 0 bridgehead atoms. The fraction of sp³-hybridized carbons (Fsp3) is 0.0625. The van der Waals surface area contributed by atoms with Crippen molar-refractivity contribution in [3.05, 3.63) is 64.8 Å². The van der Waals surface area contributed by atoms with E-state index in [-0.39, 0.29) is 0 Å². The fourth-order valence-electron chi connectivity index (χ4n) is 2.08. The zero-order valence-electron chi connectivity index (χ0n) is 10.7. The number of rotatable bonds is 3. The Hall–Kier alpha value is -1.91. The highest BCUT2D eigenvalue weighted by atomic mass is 79.9. The summed E-state index contributed by atoms with van der Waals surface area (Å²) in [7, 11) is 0. The van der Waals surface area contributed by atoms with E-state index in [4.69, 9.17) is 10.5 Å². The Balaban J connectivity index is 2.03. The van der Waals surface area contributed by atoms with E-state index in [9.17, 15) is 0 Å². The molecule has 0 spiro atoms. The van der Waals surface area contributed by atoms with Crippen molar-refractivity contribution >= 4 is 26.8 Å². The van der Waals surface area contributed by atoms with Gasteiger partial charge in [-0.2, -0.15) is 0 Å². The van der Waals surface area contributed by atoms with Crippen molar-refractivity contribution in [1.82, 2.24) is 4.98 Å². The van der Waals surface area contributed by atoms with E-state index < -0.39 is 0 Å². The van der Waals surface area contributed by atoms with Gasteiger partial charge in [-0.05, 0) is 35.9 Å². The molecular formula is C16H13BrN2O. The molecule has 0 radical (unpaired) electrons. The lowest BCUT2D eigenvalue weighted by Crippen LogP contribution is -1.97. The van der Waals surface area contributed by atoms with E-state index in [2.05, 4.69) is 20.9 Å². The third-order valence-electron chi connectivity index (χ3n) is 2.99. The highest BCUT2D eigenvalue weighted by molar-refractivity contribution is 9.10. The summed E-state index contributed by atoms with van der Waals surface area (Å²) in [5.41, 5.74) is 7.55. The van der Waals surface area contributed by atoms with Crippen molar-refractivity contribution in [3.63, 3.8) is 0 Å². The summed E-state index contributed by atoms with van der Waals surface area (Å²) >= 11 is 3.47. The van der Waals surface area contributed by atoms with E-state index in [1.165, 1.54) is 0 Å². The number of hydrogen-bond acceptors (Lipinski definition) is 3. The summed E-state index contributed by atoms with van der Waals surface area (Å²) in [4.78, 5) is 4.38. The number of aromatic nitrogens is 1. The molecule has 0 aliphatic rings. The van der Waals surface area contributed by atoms with Crippen LogP contribution in [0.15, 0.2) is 59.2 Å². The number of fused-ring (bicyclic) bond motifs is 1. The minimum absolute atomic E-state index is 0.476. The van der Waals surface area contributed by atoms with Crippen molar-refractivity contribution in [1.29, 1.82) is 0 Å². The van der Waals surface area contributed by atoms with Gasteiger partial charge in [0.1, 0.15) is 11.3 Å². The average molecular weight is 329 g/mol. The van der Waals surface area contributed by atoms with Gasteiger partial charge in [-0.3, -0.25) is 4.98 Å². The number of halogens is 1. The lowest BCUT2D eigenvalue weighted by Gasteiger charge is -2.10. The van der Waals surface area contributed by atoms with Gasteiger partial charge in [-0.15, -0.1) is 0 Å². The summed E-state index contributed by atoms with van der Waals surface area (Å²) in [5, 5.41) is 1.05. The van der Waals surface area contributed by atoms with E-state index in [1.807, 2.05) is 48.5 Å². The van der Waals surface area contributed by atoms with E-state index in [0.29, 0.717) is 6.54 Å². The van der Waals surface area contributed by atoms with Gasteiger partial charge in [0.05, 0.1) is 0 Å². The van der Waals surface area contributed by atoms with Gasteiger partial charge in [-0.1, -0.05) is 34.1 Å². The molecule has 0 aliphatic carbocycles. The summed E-state index contributed by atoms with van der Waals surface area (Å²) < 4.78 is 6.91. The largest absolute Gasteiger partial charge is 0.455 e. The van der Waals surface area contributed by atoms with Crippen LogP contribution in [0.4, 0.5) is 0 Å². The summed E-state index contributed by atoms with van der Waals surface area (Å²) in [6, 6.07) is 15.7. The van der Waals surface area contributed by atoms with Crippen LogP contribution < -0.4 is 10.5 Å². The third-order valence-corrected chi connectivity index (χ3v) is 3.45. The van der Waals surface area contributed by atoms with Gasteiger partial charge in [0.25, 0.3) is 0 Å². The number of para-hydroxylation sites is 1. The highest BCUT2D eigenvalue weighted by Gasteiger charge is 2.06. The molecule has 0 saturated carbocycles. The first-order valence-corrected chi connectivity index (χ1v) is 7.07. The lowest BCUT2D eigenvalue weighted by molar-refractivity contribution is 0.486. The molecule has 100 valence electrons. The molecule has 2 aromatic carbocycles. The number of ether oxygens (including phenoxy) is 1. The second-order valence-corrected chi connectivity index (χ2v) is 5.35. The van der Waals surface area contributed by atoms with Crippen molar-refractivity contribution in [2.75, 3.05) is 0 Å². The predicted octanol–water partition coefficient (Wildman–Crippen LogP) is 4.25. The van der Waals surface area contributed by atoms with Crippen LogP contribution in [-0.2, 0) is 6.54 Å². The monoisotopic (exact) mass is 328 g/mol. The molecule has 3 aromatic rings. The number of nitrogens with two attached hydrogens (primary N) is 1. The van der Waals surface area contributed by atoms with Crippen LogP contribution >= 0.6 is 15.9 Å². The molecule has 0 fully saturated rings. The van der Waals surface area contributed by atoms with Gasteiger partial charge in [-0.25, -0.2) is 0 Å². The minimum Gasteiger partial charge on any atom is -0.455 e. The molecule has 0 atom stereocenters. The molecule has 3 nitrogen and oxygen atoms in total. The van der Waals surface area contributed by atoms with Crippen molar-refractivity contribution in [2.24, 2.45) is 5.73 Å². The fourth-order valence-corrected chi connectivity index (χ4v) is 2.60. The Morgan fingerprint density at radius 1 is 1.10 bits per heavy atom. The SMILES string of the molecule is NCc1cc(Br)cc(Oc2cccc3cccnc23)c1. The van der Waals surface area contributed by atoms with E-state index >= 15 is 0 Å². The van der Waals surface area contributed by atoms with Crippen LogP contribution in [0.1, 0.15) is 5.56 Å². The quantitative estimate of drug-likeness (QED) is 0.781. The van der Waals surface area contributed by atoms with Crippen LogP contribution in [0.5, 0.6) is 11.5 Å². The van der Waals surface area contributed by atoms with Gasteiger partial charge >= 0.3 is 0 Å². The molecule has 0 amide bonds. The Kier molecular flexibility index (Phi) is 3.67. The highest BCUT2D eigenvalue weighted by Crippen LogP contribution is 2.30. The molecule has 2 N–H and O–H groups in total. The number of benzene rings is 2. The molecule has 0 aliphatic heterocycles. The Morgan fingerprint density at radius 3 is 2.80 bits per heavy atom. The molecule has 20 heavy (non-hydrogen) atoms. The topological polar surface area (TPSA) is 48.1 Å². The van der Waals surface area contributed by atoms with Crippen molar-refractivity contribution < 1.29 is 4.74 Å².